The first kappa shape index (κ1) is 27.5. The van der Waals surface area contributed by atoms with Crippen molar-refractivity contribution in [3.63, 3.8) is 0 Å². The van der Waals surface area contributed by atoms with Crippen LogP contribution in [0.25, 0.3) is 11.1 Å². The lowest BCUT2D eigenvalue weighted by molar-refractivity contribution is -0.248. The number of rotatable bonds is 4. The van der Waals surface area contributed by atoms with Gasteiger partial charge in [0.05, 0.1) is 0 Å². The monoisotopic (exact) mass is 544 g/mol. The maximum absolute atomic E-state index is 2.68. The van der Waals surface area contributed by atoms with Gasteiger partial charge in [0.1, 0.15) is 0 Å². The Bertz CT molecular complexity index is 1430. The first-order chi connectivity index (χ1) is 19.3. The summed E-state index contributed by atoms with van der Waals surface area (Å²) in [6, 6.07) is 18.9. The van der Waals surface area contributed by atoms with Crippen LogP contribution in [0.5, 0.6) is 0 Å². The predicted molar refractivity (Wildman–Crippen MR) is 176 cm³/mol. The second kappa shape index (κ2) is 9.08. The quantitative estimate of drug-likeness (QED) is 0.359. The van der Waals surface area contributed by atoms with Gasteiger partial charge in [-0.1, -0.05) is 122 Å². The minimum atomic E-state index is 0.180. The lowest BCUT2D eigenvalue weighted by Crippen LogP contribution is -2.66. The van der Waals surface area contributed by atoms with Crippen LogP contribution < -0.4 is 0 Å². The fraction of sp³-hybridized carbons (Fsp3) is 0.561. The second-order valence-electron chi connectivity index (χ2n) is 17.0. The Morgan fingerprint density at radius 1 is 0.732 bits per heavy atom. The molecule has 0 aromatic heterocycles. The molecule has 2 aromatic carbocycles. The third kappa shape index (κ3) is 4.13. The van der Waals surface area contributed by atoms with E-state index >= 15 is 0 Å². The van der Waals surface area contributed by atoms with Gasteiger partial charge in [-0.2, -0.15) is 0 Å². The highest BCUT2D eigenvalue weighted by molar-refractivity contribution is 5.89. The van der Waals surface area contributed by atoms with E-state index in [1.54, 1.807) is 11.1 Å². The van der Waals surface area contributed by atoms with Crippen LogP contribution in [0.2, 0.25) is 0 Å². The van der Waals surface area contributed by atoms with E-state index < -0.39 is 0 Å². The van der Waals surface area contributed by atoms with Crippen molar-refractivity contribution >= 4 is 11.1 Å². The van der Waals surface area contributed by atoms with E-state index in [1.807, 2.05) is 0 Å². The third-order valence-electron chi connectivity index (χ3n) is 13.1. The molecule has 0 amide bonds. The molecular formula is C41H52. The molecule has 4 atom stereocenters. The molecule has 5 aliphatic rings. The zero-order valence-corrected chi connectivity index (χ0v) is 27.0. The highest BCUT2D eigenvalue weighted by Crippen LogP contribution is 2.83. The highest BCUT2D eigenvalue weighted by atomic mass is 14.8. The van der Waals surface area contributed by atoms with E-state index in [1.165, 1.54) is 71.9 Å². The Kier molecular flexibility index (Phi) is 6.09. The topological polar surface area (TPSA) is 0 Å². The minimum Gasteiger partial charge on any atom is -0.0626 e. The normalized spacial score (nSPS) is 36.0. The molecule has 0 N–H and O–H groups in total. The Labute approximate surface area is 250 Å². The smallest absolute Gasteiger partial charge is 0.00140 e. The highest BCUT2D eigenvalue weighted by Gasteiger charge is 2.75. The van der Waals surface area contributed by atoms with E-state index in [9.17, 15) is 0 Å². The van der Waals surface area contributed by atoms with E-state index in [-0.39, 0.29) is 10.8 Å². The molecule has 2 aromatic rings. The van der Waals surface area contributed by atoms with Crippen LogP contribution in [0.3, 0.4) is 0 Å². The number of benzene rings is 2. The SMILES string of the molecule is CC1/C(=C2\CC(c3ccc(C(C)(C)C)cc3)=CC=C2c2ccc(C(C)(C)C)cc2)CC1CC12CC3CCC(C1)C32C. The standard InChI is InChI=1S/C41H52/c1-26-30(23-41-24-33-18-19-34(25-41)40(33,41)8)22-36(26)37-21-29(27-9-14-31(15-10-27)38(2,3)4)13-20-35(37)28-11-16-32(17-12-28)39(5,6)7/h9-17,20,26,30,33-34H,18-19,21-25H2,1-8H3/b37-36+. The summed E-state index contributed by atoms with van der Waals surface area (Å²) < 4.78 is 0. The molecule has 41 heavy (non-hydrogen) atoms. The van der Waals surface area contributed by atoms with Gasteiger partial charge in [-0.3, -0.25) is 0 Å². The summed E-state index contributed by atoms with van der Waals surface area (Å²) in [5, 5.41) is 0. The number of hydrogen-bond donors (Lipinski definition) is 0. The van der Waals surface area contributed by atoms with E-state index in [0.717, 1.165) is 24.2 Å². The lowest BCUT2D eigenvalue weighted by Gasteiger charge is -2.74. The van der Waals surface area contributed by atoms with Crippen molar-refractivity contribution < 1.29 is 0 Å². The van der Waals surface area contributed by atoms with E-state index in [0.29, 0.717) is 16.7 Å². The Balaban J connectivity index is 1.19. The van der Waals surface area contributed by atoms with Crippen LogP contribution in [0, 0.1) is 34.5 Å². The Morgan fingerprint density at radius 3 is 1.78 bits per heavy atom. The largest absolute Gasteiger partial charge is 0.0626 e. The maximum atomic E-state index is 2.68. The molecule has 7 rings (SSSR count). The van der Waals surface area contributed by atoms with Crippen LogP contribution >= 0.6 is 0 Å². The molecule has 0 spiro atoms. The summed E-state index contributed by atoms with van der Waals surface area (Å²) in [4.78, 5) is 0. The summed E-state index contributed by atoms with van der Waals surface area (Å²) >= 11 is 0. The lowest BCUT2D eigenvalue weighted by atomic mass is 9.31. The number of allylic oxidation sites excluding steroid dienone is 6. The fourth-order valence-corrected chi connectivity index (χ4v) is 10.1. The van der Waals surface area contributed by atoms with Gasteiger partial charge in [0.2, 0.25) is 0 Å². The molecule has 5 aliphatic carbocycles. The molecule has 0 saturated heterocycles. The molecule has 4 fully saturated rings. The second-order valence-corrected chi connectivity index (χ2v) is 17.0. The fourth-order valence-electron chi connectivity index (χ4n) is 10.1. The van der Waals surface area contributed by atoms with Crippen molar-refractivity contribution in [1.82, 2.24) is 0 Å². The summed E-state index contributed by atoms with van der Waals surface area (Å²) in [5.41, 5.74) is 13.7. The summed E-state index contributed by atoms with van der Waals surface area (Å²) in [5.74, 6) is 3.69. The molecular weight excluding hydrogens is 492 g/mol. The Hall–Kier alpha value is -2.34. The molecule has 0 heterocycles. The van der Waals surface area contributed by atoms with Crippen molar-refractivity contribution in [1.29, 1.82) is 0 Å². The van der Waals surface area contributed by atoms with Gasteiger partial charge >= 0.3 is 0 Å². The summed E-state index contributed by atoms with van der Waals surface area (Å²) in [6.07, 6.45) is 14.8. The van der Waals surface area contributed by atoms with Crippen LogP contribution in [0.4, 0.5) is 0 Å². The predicted octanol–water partition coefficient (Wildman–Crippen LogP) is 11.3. The average molecular weight is 545 g/mol. The molecule has 0 radical (unpaired) electrons. The van der Waals surface area contributed by atoms with Crippen molar-refractivity contribution in [3.05, 3.63) is 94.1 Å². The van der Waals surface area contributed by atoms with Gasteiger partial charge in [-0.05, 0) is 129 Å². The van der Waals surface area contributed by atoms with Gasteiger partial charge in [-0.15, -0.1) is 0 Å². The molecule has 0 heteroatoms. The van der Waals surface area contributed by atoms with Crippen LogP contribution in [0.1, 0.15) is 123 Å². The van der Waals surface area contributed by atoms with Crippen molar-refractivity contribution in [3.8, 4) is 0 Å². The summed E-state index contributed by atoms with van der Waals surface area (Å²) in [7, 11) is 0. The van der Waals surface area contributed by atoms with Gasteiger partial charge in [-0.25, -0.2) is 0 Å². The van der Waals surface area contributed by atoms with Crippen molar-refractivity contribution in [2.75, 3.05) is 0 Å². The van der Waals surface area contributed by atoms with Crippen molar-refractivity contribution in [2.45, 2.75) is 111 Å². The van der Waals surface area contributed by atoms with Gasteiger partial charge in [0.25, 0.3) is 0 Å². The van der Waals surface area contributed by atoms with E-state index in [4.69, 9.17) is 0 Å². The molecule has 4 unspecified atom stereocenters. The molecule has 4 saturated carbocycles. The number of hydrogen-bond acceptors (Lipinski definition) is 0. The summed E-state index contributed by atoms with van der Waals surface area (Å²) in [6.45, 7) is 19.1. The zero-order valence-electron chi connectivity index (χ0n) is 27.0. The van der Waals surface area contributed by atoms with Crippen LogP contribution in [-0.2, 0) is 10.8 Å². The maximum Gasteiger partial charge on any atom is -0.00140 e. The van der Waals surface area contributed by atoms with Gasteiger partial charge < -0.3 is 0 Å². The van der Waals surface area contributed by atoms with E-state index in [2.05, 4.69) is 116 Å². The molecule has 216 valence electrons. The van der Waals surface area contributed by atoms with Gasteiger partial charge in [0.15, 0.2) is 0 Å². The molecule has 0 aliphatic heterocycles. The average Bonchev–Trinajstić information content (AvgIpc) is 3.08. The van der Waals surface area contributed by atoms with Gasteiger partial charge in [0, 0.05) is 0 Å². The Morgan fingerprint density at radius 2 is 1.27 bits per heavy atom. The molecule has 0 bridgehead atoms. The minimum absolute atomic E-state index is 0.180. The third-order valence-corrected chi connectivity index (χ3v) is 13.1. The zero-order chi connectivity index (χ0) is 28.9. The van der Waals surface area contributed by atoms with Crippen LogP contribution in [-0.4, -0.2) is 0 Å². The van der Waals surface area contributed by atoms with Crippen LogP contribution in [0.15, 0.2) is 71.8 Å². The molecule has 0 nitrogen and oxygen atoms in total. The first-order valence-corrected chi connectivity index (χ1v) is 16.7. The first-order valence-electron chi connectivity index (χ1n) is 16.7. The van der Waals surface area contributed by atoms with Crippen molar-refractivity contribution in [2.24, 2.45) is 34.5 Å².